The lowest BCUT2D eigenvalue weighted by Gasteiger charge is -2.41. The van der Waals surface area contributed by atoms with Crippen LogP contribution in [0.25, 0.3) is 0 Å². The van der Waals surface area contributed by atoms with Crippen molar-refractivity contribution in [1.82, 2.24) is 4.90 Å². The maximum absolute atomic E-state index is 12.8. The van der Waals surface area contributed by atoms with E-state index in [9.17, 15) is 19.1 Å². The van der Waals surface area contributed by atoms with Gasteiger partial charge < -0.3 is 19.5 Å². The molecule has 0 bridgehead atoms. The number of furan rings is 1. The number of halogens is 1. The number of β-lactam (4-membered cyclic amide) rings is 1. The molecule has 1 amide bonds. The van der Waals surface area contributed by atoms with Crippen molar-refractivity contribution < 1.29 is 28.6 Å². The molecule has 0 aromatic carbocycles. The van der Waals surface area contributed by atoms with Gasteiger partial charge in [-0.25, -0.2) is 0 Å². The van der Waals surface area contributed by atoms with Gasteiger partial charge in [0, 0.05) is 37.9 Å². The quantitative estimate of drug-likeness (QED) is 0.412. The van der Waals surface area contributed by atoms with Crippen LogP contribution in [-0.2, 0) is 16.0 Å². The van der Waals surface area contributed by atoms with Crippen molar-refractivity contribution in [1.29, 1.82) is 0 Å². The number of aliphatic hydroxyl groups is 1. The molecule has 7 heteroatoms. The van der Waals surface area contributed by atoms with E-state index in [1.807, 2.05) is 4.90 Å². The Kier molecular flexibility index (Phi) is 8.09. The molecule has 1 aliphatic rings. The Morgan fingerprint density at radius 1 is 1.27 bits per heavy atom. The van der Waals surface area contributed by atoms with Gasteiger partial charge in [0.25, 0.3) is 6.01 Å². The molecule has 26 heavy (non-hydrogen) atoms. The van der Waals surface area contributed by atoms with E-state index in [0.29, 0.717) is 31.4 Å². The Bertz CT molecular complexity index is 588. The summed E-state index contributed by atoms with van der Waals surface area (Å²) < 4.78 is 17.6. The van der Waals surface area contributed by atoms with Gasteiger partial charge in [-0.15, -0.1) is 0 Å². The predicted octanol–water partition coefficient (Wildman–Crippen LogP) is 3.13. The van der Waals surface area contributed by atoms with Crippen LogP contribution in [0.3, 0.4) is 0 Å². The molecule has 1 aliphatic heterocycles. The van der Waals surface area contributed by atoms with Crippen LogP contribution in [0.5, 0.6) is 0 Å². The van der Waals surface area contributed by atoms with Crippen molar-refractivity contribution in [3.05, 3.63) is 23.9 Å². The Balaban J connectivity index is 1.55. The van der Waals surface area contributed by atoms with Gasteiger partial charge in [0.05, 0.1) is 6.10 Å². The summed E-state index contributed by atoms with van der Waals surface area (Å²) in [6.07, 6.45) is 6.14. The highest BCUT2D eigenvalue weighted by Gasteiger charge is 2.34. The minimum absolute atomic E-state index is 0.173. The SMILES string of the molecule is O=C(O)CCCCCCN1C(=O)C[C@@H]1CCCC(O)Cc1ccc(F)o1. The zero-order valence-electron chi connectivity index (χ0n) is 15.0. The molecule has 2 rings (SSSR count). The normalized spacial score (nSPS) is 18.0. The average molecular weight is 369 g/mol. The van der Waals surface area contributed by atoms with Crippen molar-refractivity contribution in [2.75, 3.05) is 6.54 Å². The molecule has 0 aliphatic carbocycles. The number of carboxylic acid groups (broad SMARTS) is 1. The average Bonchev–Trinajstić information content (AvgIpc) is 2.97. The number of carbonyl (C=O) groups is 2. The molecule has 1 aromatic rings. The number of carbonyl (C=O) groups excluding carboxylic acids is 1. The molecule has 2 heterocycles. The van der Waals surface area contributed by atoms with E-state index in [0.717, 1.165) is 38.6 Å². The largest absolute Gasteiger partial charge is 0.481 e. The minimum atomic E-state index is -0.762. The Morgan fingerprint density at radius 3 is 2.69 bits per heavy atom. The zero-order chi connectivity index (χ0) is 18.9. The number of rotatable bonds is 13. The van der Waals surface area contributed by atoms with Crippen molar-refractivity contribution >= 4 is 11.9 Å². The van der Waals surface area contributed by atoms with Crippen LogP contribution in [0, 0.1) is 6.01 Å². The van der Waals surface area contributed by atoms with Gasteiger partial charge in [-0.3, -0.25) is 9.59 Å². The summed E-state index contributed by atoms with van der Waals surface area (Å²) >= 11 is 0. The first kappa shape index (κ1) is 20.4. The van der Waals surface area contributed by atoms with E-state index in [4.69, 9.17) is 9.52 Å². The van der Waals surface area contributed by atoms with E-state index < -0.39 is 18.1 Å². The lowest BCUT2D eigenvalue weighted by atomic mass is 9.94. The van der Waals surface area contributed by atoms with Crippen LogP contribution < -0.4 is 0 Å². The number of amides is 1. The molecule has 1 saturated heterocycles. The molecular weight excluding hydrogens is 341 g/mol. The van der Waals surface area contributed by atoms with Crippen LogP contribution in [-0.4, -0.2) is 45.7 Å². The molecule has 1 aromatic heterocycles. The van der Waals surface area contributed by atoms with Crippen LogP contribution in [0.2, 0.25) is 0 Å². The van der Waals surface area contributed by atoms with Crippen LogP contribution in [0.1, 0.15) is 63.5 Å². The maximum Gasteiger partial charge on any atom is 0.303 e. The second-order valence-corrected chi connectivity index (χ2v) is 7.00. The lowest BCUT2D eigenvalue weighted by molar-refractivity contribution is -0.146. The smallest absolute Gasteiger partial charge is 0.303 e. The standard InChI is InChI=1S/C19H28FNO5/c20-17-10-9-16(26-17)13-15(22)7-5-6-14-12-18(23)21(14)11-4-2-1-3-8-19(24)25/h9-10,14-15,22H,1-8,11-13H2,(H,24,25)/t14-,15?/m0/s1. The number of aliphatic carboxylic acids is 1. The molecule has 146 valence electrons. The van der Waals surface area contributed by atoms with E-state index >= 15 is 0 Å². The summed E-state index contributed by atoms with van der Waals surface area (Å²) in [4.78, 5) is 24.1. The molecule has 1 unspecified atom stereocenters. The maximum atomic E-state index is 12.8. The van der Waals surface area contributed by atoms with Crippen molar-refractivity contribution in [2.45, 2.75) is 76.4 Å². The van der Waals surface area contributed by atoms with Crippen LogP contribution in [0.4, 0.5) is 4.39 Å². The monoisotopic (exact) mass is 369 g/mol. The Hall–Kier alpha value is -1.89. The molecule has 6 nitrogen and oxygen atoms in total. The first-order valence-corrected chi connectivity index (χ1v) is 9.39. The van der Waals surface area contributed by atoms with E-state index in [1.165, 1.54) is 12.1 Å². The molecule has 2 atom stereocenters. The van der Waals surface area contributed by atoms with Crippen LogP contribution >= 0.6 is 0 Å². The first-order valence-electron chi connectivity index (χ1n) is 9.39. The van der Waals surface area contributed by atoms with Gasteiger partial charge in [-0.1, -0.05) is 12.8 Å². The number of hydrogen-bond donors (Lipinski definition) is 2. The summed E-state index contributed by atoms with van der Waals surface area (Å²) in [5, 5.41) is 18.6. The van der Waals surface area contributed by atoms with Crippen LogP contribution in [0.15, 0.2) is 16.5 Å². The third kappa shape index (κ3) is 6.78. The fraction of sp³-hybridized carbons (Fsp3) is 0.684. The molecule has 1 fully saturated rings. The van der Waals surface area contributed by atoms with E-state index in [-0.39, 0.29) is 18.4 Å². The van der Waals surface area contributed by atoms with Gasteiger partial charge >= 0.3 is 5.97 Å². The third-order valence-corrected chi connectivity index (χ3v) is 4.85. The molecular formula is C19H28FNO5. The fourth-order valence-corrected chi connectivity index (χ4v) is 3.38. The third-order valence-electron chi connectivity index (χ3n) is 4.85. The summed E-state index contributed by atoms with van der Waals surface area (Å²) in [6, 6.07) is 2.37. The number of nitrogens with zero attached hydrogens (tertiary/aromatic N) is 1. The van der Waals surface area contributed by atoms with Crippen molar-refractivity contribution in [2.24, 2.45) is 0 Å². The van der Waals surface area contributed by atoms with Gasteiger partial charge in [0.2, 0.25) is 5.91 Å². The number of likely N-dealkylation sites (tertiary alicyclic amines) is 1. The molecule has 2 N–H and O–H groups in total. The zero-order valence-corrected chi connectivity index (χ0v) is 15.0. The summed E-state index contributed by atoms with van der Waals surface area (Å²) in [6.45, 7) is 0.727. The van der Waals surface area contributed by atoms with Gasteiger partial charge in [0.1, 0.15) is 5.76 Å². The Morgan fingerprint density at radius 2 is 2.04 bits per heavy atom. The highest BCUT2D eigenvalue weighted by atomic mass is 19.1. The first-order chi connectivity index (χ1) is 12.5. The Labute approximate surface area is 153 Å². The summed E-state index contributed by atoms with van der Waals surface area (Å²) in [5.74, 6) is -0.146. The van der Waals surface area contributed by atoms with E-state index in [1.54, 1.807) is 0 Å². The molecule has 0 saturated carbocycles. The van der Waals surface area contributed by atoms with Crippen molar-refractivity contribution in [3.63, 3.8) is 0 Å². The molecule has 0 radical (unpaired) electrons. The fourth-order valence-electron chi connectivity index (χ4n) is 3.38. The highest BCUT2D eigenvalue weighted by molar-refractivity contribution is 5.83. The number of aliphatic hydroxyl groups excluding tert-OH is 1. The topological polar surface area (TPSA) is 91.0 Å². The molecule has 0 spiro atoms. The lowest BCUT2D eigenvalue weighted by Crippen LogP contribution is -2.52. The summed E-state index contributed by atoms with van der Waals surface area (Å²) in [5.41, 5.74) is 0. The van der Waals surface area contributed by atoms with E-state index in [2.05, 4.69) is 0 Å². The van der Waals surface area contributed by atoms with Crippen molar-refractivity contribution in [3.8, 4) is 0 Å². The number of carboxylic acids is 1. The van der Waals surface area contributed by atoms with Gasteiger partial charge in [0.15, 0.2) is 0 Å². The number of unbranched alkanes of at least 4 members (excludes halogenated alkanes) is 3. The highest BCUT2D eigenvalue weighted by Crippen LogP contribution is 2.25. The van der Waals surface area contributed by atoms with Gasteiger partial charge in [-0.05, 0) is 38.2 Å². The summed E-state index contributed by atoms with van der Waals surface area (Å²) in [7, 11) is 0. The number of hydrogen-bond acceptors (Lipinski definition) is 4. The second-order valence-electron chi connectivity index (χ2n) is 7.00. The minimum Gasteiger partial charge on any atom is -0.481 e. The predicted molar refractivity (Wildman–Crippen MR) is 93.1 cm³/mol. The second kappa shape index (κ2) is 10.3. The van der Waals surface area contributed by atoms with Gasteiger partial charge in [-0.2, -0.15) is 4.39 Å².